The first kappa shape index (κ1) is 18.6. The highest BCUT2D eigenvalue weighted by atomic mass is 19.1. The molecule has 1 saturated heterocycles. The van der Waals surface area contributed by atoms with Gasteiger partial charge in [0.2, 0.25) is 5.43 Å². The van der Waals surface area contributed by atoms with Crippen molar-refractivity contribution in [3.05, 3.63) is 45.0 Å². The molecule has 1 aliphatic heterocycles. The molecule has 1 N–H and O–H groups in total. The van der Waals surface area contributed by atoms with Crippen molar-refractivity contribution in [3.8, 4) is 0 Å². The average Bonchev–Trinajstić information content (AvgIpc) is 3.14. The van der Waals surface area contributed by atoms with Crippen LogP contribution in [0.2, 0.25) is 0 Å². The zero-order chi connectivity index (χ0) is 18.8. The Bertz CT molecular complexity index is 898. The number of nitrogens with one attached hydrogen (secondary N) is 1. The van der Waals surface area contributed by atoms with E-state index in [0.29, 0.717) is 24.2 Å². The summed E-state index contributed by atoms with van der Waals surface area (Å²) in [6.45, 7) is 9.23. The Morgan fingerprint density at radius 1 is 1.27 bits per heavy atom. The van der Waals surface area contributed by atoms with Gasteiger partial charge in [0.15, 0.2) is 5.82 Å². The van der Waals surface area contributed by atoms with Crippen molar-refractivity contribution in [1.29, 1.82) is 0 Å². The molecule has 1 fully saturated rings. The molecule has 0 atom stereocenters. The fourth-order valence-corrected chi connectivity index (χ4v) is 3.58. The summed E-state index contributed by atoms with van der Waals surface area (Å²) in [5, 5.41) is 3.10. The van der Waals surface area contributed by atoms with E-state index in [2.05, 4.69) is 10.2 Å². The van der Waals surface area contributed by atoms with E-state index in [0.717, 1.165) is 19.6 Å². The topological polar surface area (TPSA) is 54.3 Å². The standard InChI is InChI=1S/C20H26FN3O2/c1-4-24-12-16(20(26)22-7-10-23-8-5-6-9-23)19(25)15-11-13(2)14(3)17(21)18(15)24/h11-12H,4-10H2,1-3H3,(H,22,26). The smallest absolute Gasteiger partial charge is 0.256 e. The zero-order valence-electron chi connectivity index (χ0n) is 15.7. The lowest BCUT2D eigenvalue weighted by atomic mass is 10.0. The van der Waals surface area contributed by atoms with Crippen molar-refractivity contribution in [2.75, 3.05) is 26.2 Å². The van der Waals surface area contributed by atoms with Crippen LogP contribution < -0.4 is 10.7 Å². The van der Waals surface area contributed by atoms with Gasteiger partial charge in [0.05, 0.1) is 5.52 Å². The number of pyridine rings is 1. The molecule has 0 aliphatic carbocycles. The number of carbonyl (C=O) groups is 1. The number of amides is 1. The number of halogens is 1. The van der Waals surface area contributed by atoms with Crippen molar-refractivity contribution in [2.45, 2.75) is 40.2 Å². The fraction of sp³-hybridized carbons (Fsp3) is 0.500. The molecular weight excluding hydrogens is 333 g/mol. The summed E-state index contributed by atoms with van der Waals surface area (Å²) in [7, 11) is 0. The third kappa shape index (κ3) is 3.38. The van der Waals surface area contributed by atoms with Gasteiger partial charge in [-0.2, -0.15) is 0 Å². The predicted octanol–water partition coefficient (Wildman–Crippen LogP) is 2.60. The number of likely N-dealkylation sites (tertiary alicyclic amines) is 1. The highest BCUT2D eigenvalue weighted by molar-refractivity contribution is 5.97. The van der Waals surface area contributed by atoms with Crippen molar-refractivity contribution >= 4 is 16.8 Å². The minimum atomic E-state index is -0.412. The Labute approximate surface area is 152 Å². The van der Waals surface area contributed by atoms with Gasteiger partial charge >= 0.3 is 0 Å². The van der Waals surface area contributed by atoms with Gasteiger partial charge in [0.25, 0.3) is 5.91 Å². The van der Waals surface area contributed by atoms with Gasteiger partial charge in [-0.1, -0.05) is 0 Å². The summed E-state index contributed by atoms with van der Waals surface area (Å²) in [5.41, 5.74) is 1.17. The maximum absolute atomic E-state index is 14.7. The number of aromatic nitrogens is 1. The molecule has 6 heteroatoms. The Balaban J connectivity index is 1.93. The van der Waals surface area contributed by atoms with E-state index in [1.165, 1.54) is 19.0 Å². The second kappa shape index (κ2) is 7.58. The molecule has 0 radical (unpaired) electrons. The average molecular weight is 359 g/mol. The van der Waals surface area contributed by atoms with Gasteiger partial charge in [-0.05, 0) is 63.9 Å². The third-order valence-corrected chi connectivity index (χ3v) is 5.30. The van der Waals surface area contributed by atoms with E-state index >= 15 is 0 Å². The number of benzene rings is 1. The predicted molar refractivity (Wildman–Crippen MR) is 101 cm³/mol. The molecule has 140 valence electrons. The first-order chi connectivity index (χ1) is 12.4. The number of nitrogens with zero attached hydrogens (tertiary/aromatic N) is 2. The Hall–Kier alpha value is -2.21. The van der Waals surface area contributed by atoms with Crippen LogP contribution in [0.25, 0.3) is 10.9 Å². The molecule has 1 aromatic heterocycles. The van der Waals surface area contributed by atoms with Crippen LogP contribution in [-0.2, 0) is 6.54 Å². The normalized spacial score (nSPS) is 14.9. The second-order valence-electron chi connectivity index (χ2n) is 6.99. The summed E-state index contributed by atoms with van der Waals surface area (Å²) < 4.78 is 16.4. The number of hydrogen-bond acceptors (Lipinski definition) is 3. The molecule has 2 heterocycles. The van der Waals surface area contributed by atoms with Crippen molar-refractivity contribution < 1.29 is 9.18 Å². The number of rotatable bonds is 5. The molecule has 1 amide bonds. The van der Waals surface area contributed by atoms with Crippen LogP contribution in [0.1, 0.15) is 41.3 Å². The molecule has 0 bridgehead atoms. The van der Waals surface area contributed by atoms with Crippen molar-refractivity contribution in [3.63, 3.8) is 0 Å². The summed E-state index contributed by atoms with van der Waals surface area (Å²) >= 11 is 0. The maximum Gasteiger partial charge on any atom is 0.256 e. The van der Waals surface area contributed by atoms with Gasteiger partial charge in [-0.25, -0.2) is 4.39 Å². The van der Waals surface area contributed by atoms with Crippen LogP contribution in [0, 0.1) is 19.7 Å². The lowest BCUT2D eigenvalue weighted by Gasteiger charge is -2.16. The summed E-state index contributed by atoms with van der Waals surface area (Å²) in [6.07, 6.45) is 3.88. The summed E-state index contributed by atoms with van der Waals surface area (Å²) in [5.74, 6) is -0.781. The number of fused-ring (bicyclic) bond motifs is 1. The summed E-state index contributed by atoms with van der Waals surface area (Å²) in [6, 6.07) is 1.68. The van der Waals surface area contributed by atoms with E-state index in [1.807, 2.05) is 6.92 Å². The van der Waals surface area contributed by atoms with Gasteiger partial charge in [-0.15, -0.1) is 0 Å². The summed E-state index contributed by atoms with van der Waals surface area (Å²) in [4.78, 5) is 27.7. The molecule has 0 spiro atoms. The fourth-order valence-electron chi connectivity index (χ4n) is 3.58. The molecule has 2 aromatic rings. The van der Waals surface area contributed by atoms with Crippen LogP contribution in [-0.4, -0.2) is 41.6 Å². The molecule has 26 heavy (non-hydrogen) atoms. The van der Waals surface area contributed by atoms with Crippen LogP contribution in [0.4, 0.5) is 4.39 Å². The molecular formula is C20H26FN3O2. The largest absolute Gasteiger partial charge is 0.351 e. The Kier molecular flexibility index (Phi) is 5.41. The van der Waals surface area contributed by atoms with Crippen molar-refractivity contribution in [1.82, 2.24) is 14.8 Å². The lowest BCUT2D eigenvalue weighted by molar-refractivity contribution is 0.0948. The third-order valence-electron chi connectivity index (χ3n) is 5.30. The number of aryl methyl sites for hydroxylation is 2. The zero-order valence-corrected chi connectivity index (χ0v) is 15.7. The highest BCUT2D eigenvalue weighted by Crippen LogP contribution is 2.22. The van der Waals surface area contributed by atoms with Gasteiger partial charge in [0, 0.05) is 31.2 Å². The molecule has 0 unspecified atom stereocenters. The van der Waals surface area contributed by atoms with Crippen LogP contribution >= 0.6 is 0 Å². The first-order valence-electron chi connectivity index (χ1n) is 9.27. The lowest BCUT2D eigenvalue weighted by Crippen LogP contribution is -2.36. The van der Waals surface area contributed by atoms with Crippen LogP contribution in [0.3, 0.4) is 0 Å². The van der Waals surface area contributed by atoms with E-state index in [4.69, 9.17) is 0 Å². The number of carbonyl (C=O) groups excluding carboxylic acids is 1. The Morgan fingerprint density at radius 2 is 1.96 bits per heavy atom. The van der Waals surface area contributed by atoms with Gasteiger partial charge in [-0.3, -0.25) is 9.59 Å². The molecule has 1 aromatic carbocycles. The van der Waals surface area contributed by atoms with E-state index in [1.54, 1.807) is 24.5 Å². The monoisotopic (exact) mass is 359 g/mol. The SMILES string of the molecule is CCn1cc(C(=O)NCCN2CCCC2)c(=O)c2cc(C)c(C)c(F)c21. The van der Waals surface area contributed by atoms with Crippen molar-refractivity contribution in [2.24, 2.45) is 0 Å². The first-order valence-corrected chi connectivity index (χ1v) is 9.27. The van der Waals surface area contributed by atoms with E-state index in [-0.39, 0.29) is 22.3 Å². The van der Waals surface area contributed by atoms with Gasteiger partial charge in [0.1, 0.15) is 5.56 Å². The van der Waals surface area contributed by atoms with E-state index in [9.17, 15) is 14.0 Å². The highest BCUT2D eigenvalue weighted by Gasteiger charge is 2.19. The number of hydrogen-bond donors (Lipinski definition) is 1. The van der Waals surface area contributed by atoms with Crippen LogP contribution in [0.15, 0.2) is 17.1 Å². The van der Waals surface area contributed by atoms with Crippen LogP contribution in [0.5, 0.6) is 0 Å². The van der Waals surface area contributed by atoms with E-state index < -0.39 is 11.3 Å². The minimum absolute atomic E-state index is 0.0726. The Morgan fingerprint density at radius 3 is 2.62 bits per heavy atom. The molecule has 5 nitrogen and oxygen atoms in total. The molecule has 1 aliphatic rings. The second-order valence-corrected chi connectivity index (χ2v) is 6.99. The van der Waals surface area contributed by atoms with Gasteiger partial charge < -0.3 is 14.8 Å². The molecule has 0 saturated carbocycles. The maximum atomic E-state index is 14.7. The quantitative estimate of drug-likeness (QED) is 0.893. The minimum Gasteiger partial charge on any atom is -0.351 e. The molecule has 3 rings (SSSR count).